The van der Waals surface area contributed by atoms with Gasteiger partial charge in [-0.15, -0.1) is 0 Å². The van der Waals surface area contributed by atoms with Gasteiger partial charge >= 0.3 is 0 Å². The molecule has 0 saturated heterocycles. The van der Waals surface area contributed by atoms with Crippen molar-refractivity contribution >= 4 is 5.91 Å². The maximum atomic E-state index is 13.8. The fourth-order valence-corrected chi connectivity index (χ4v) is 4.43. The average molecular weight is 450 g/mol. The monoisotopic (exact) mass is 449 g/mol. The highest BCUT2D eigenvalue weighted by atomic mass is 19.1. The number of ether oxygens (including phenoxy) is 3. The quantitative estimate of drug-likeness (QED) is 0.514. The molecule has 1 atom stereocenters. The van der Waals surface area contributed by atoms with Crippen LogP contribution in [0.15, 0.2) is 54.6 Å². The normalized spacial score (nSPS) is 15.1. The van der Waals surface area contributed by atoms with Crippen molar-refractivity contribution in [3.8, 4) is 17.2 Å². The summed E-state index contributed by atoms with van der Waals surface area (Å²) in [5.74, 6) is 1.32. The fourth-order valence-electron chi connectivity index (χ4n) is 4.43. The zero-order valence-corrected chi connectivity index (χ0v) is 19.4. The van der Waals surface area contributed by atoms with Gasteiger partial charge in [-0.25, -0.2) is 4.39 Å². The zero-order valence-electron chi connectivity index (χ0n) is 19.4. The third-order valence-corrected chi connectivity index (χ3v) is 5.94. The number of hydrogen-bond acceptors (Lipinski definition) is 4. The Morgan fingerprint density at radius 2 is 1.70 bits per heavy atom. The maximum Gasteiger partial charge on any atom is 0.254 e. The Kier molecular flexibility index (Phi) is 6.54. The van der Waals surface area contributed by atoms with E-state index in [-0.39, 0.29) is 18.6 Å². The molecule has 5 nitrogen and oxygen atoms in total. The van der Waals surface area contributed by atoms with Crippen LogP contribution in [0.1, 0.15) is 38.7 Å². The first-order valence-electron chi connectivity index (χ1n) is 10.9. The third kappa shape index (κ3) is 4.80. The third-order valence-electron chi connectivity index (χ3n) is 5.94. The number of carbonyl (C=O) groups excluding carboxylic acids is 1. The number of methoxy groups -OCH3 is 2. The molecule has 0 aliphatic carbocycles. The molecule has 33 heavy (non-hydrogen) atoms. The van der Waals surface area contributed by atoms with Crippen molar-refractivity contribution in [3.05, 3.63) is 88.2 Å². The summed E-state index contributed by atoms with van der Waals surface area (Å²) in [5, 5.41) is 0. The number of halogens is 1. The Hall–Kier alpha value is -3.54. The van der Waals surface area contributed by atoms with Crippen molar-refractivity contribution in [3.63, 3.8) is 0 Å². The van der Waals surface area contributed by atoms with Crippen LogP contribution in [-0.4, -0.2) is 38.2 Å². The molecule has 0 fully saturated rings. The molecule has 4 rings (SSSR count). The number of carbonyl (C=O) groups is 1. The van der Waals surface area contributed by atoms with Gasteiger partial charge in [0, 0.05) is 12.1 Å². The summed E-state index contributed by atoms with van der Waals surface area (Å²) in [6, 6.07) is 15.3. The molecular weight excluding hydrogens is 421 g/mol. The van der Waals surface area contributed by atoms with E-state index in [0.29, 0.717) is 30.0 Å². The number of fused-ring (bicyclic) bond motifs is 1. The lowest BCUT2D eigenvalue weighted by molar-refractivity contribution is 0.0588. The van der Waals surface area contributed by atoms with Crippen LogP contribution in [0.25, 0.3) is 0 Å². The minimum atomic E-state index is -0.437. The number of amides is 1. The van der Waals surface area contributed by atoms with Crippen LogP contribution in [0.4, 0.5) is 4.39 Å². The van der Waals surface area contributed by atoms with E-state index in [1.165, 1.54) is 12.1 Å². The zero-order chi connectivity index (χ0) is 23.5. The second-order valence-corrected chi connectivity index (χ2v) is 8.32. The molecule has 0 unspecified atom stereocenters. The molecule has 1 aliphatic rings. The first-order chi connectivity index (χ1) is 15.9. The Morgan fingerprint density at radius 3 is 2.36 bits per heavy atom. The molecule has 0 radical (unpaired) electrons. The van der Waals surface area contributed by atoms with E-state index < -0.39 is 5.82 Å². The molecule has 3 aromatic carbocycles. The van der Waals surface area contributed by atoms with Crippen molar-refractivity contribution in [2.75, 3.05) is 27.4 Å². The van der Waals surface area contributed by atoms with E-state index in [2.05, 4.69) is 6.07 Å². The van der Waals surface area contributed by atoms with Gasteiger partial charge in [0.2, 0.25) is 0 Å². The van der Waals surface area contributed by atoms with Gasteiger partial charge in [0.05, 0.1) is 20.3 Å². The summed E-state index contributed by atoms with van der Waals surface area (Å²) < 4.78 is 31.0. The number of hydrogen-bond donors (Lipinski definition) is 0. The minimum absolute atomic E-state index is 0.232. The molecule has 172 valence electrons. The molecule has 6 heteroatoms. The second-order valence-electron chi connectivity index (χ2n) is 8.32. The highest BCUT2D eigenvalue weighted by Gasteiger charge is 2.33. The van der Waals surface area contributed by atoms with Gasteiger partial charge in [-0.1, -0.05) is 12.1 Å². The molecule has 1 heterocycles. The highest BCUT2D eigenvalue weighted by molar-refractivity contribution is 5.94. The Balaban J connectivity index is 1.72. The van der Waals surface area contributed by atoms with Gasteiger partial charge < -0.3 is 19.1 Å². The van der Waals surface area contributed by atoms with Gasteiger partial charge in [0.1, 0.15) is 18.2 Å². The first kappa shape index (κ1) is 22.6. The fraction of sp³-hybridized carbons (Fsp3) is 0.296. The molecule has 0 spiro atoms. The van der Waals surface area contributed by atoms with Crippen molar-refractivity contribution in [1.82, 2.24) is 4.90 Å². The molecule has 1 aliphatic heterocycles. The average Bonchev–Trinajstić information content (AvgIpc) is 2.80. The minimum Gasteiger partial charge on any atom is -0.493 e. The molecular formula is C27H28FNO4. The lowest BCUT2D eigenvalue weighted by Gasteiger charge is -2.37. The van der Waals surface area contributed by atoms with Gasteiger partial charge in [0.25, 0.3) is 5.91 Å². The predicted molar refractivity (Wildman–Crippen MR) is 125 cm³/mol. The smallest absolute Gasteiger partial charge is 0.254 e. The van der Waals surface area contributed by atoms with Crippen LogP contribution >= 0.6 is 0 Å². The van der Waals surface area contributed by atoms with Crippen molar-refractivity contribution < 1.29 is 23.4 Å². The number of aryl methyl sites for hydroxylation is 2. The largest absolute Gasteiger partial charge is 0.493 e. The van der Waals surface area contributed by atoms with E-state index in [0.717, 1.165) is 28.0 Å². The van der Waals surface area contributed by atoms with E-state index in [9.17, 15) is 9.18 Å². The van der Waals surface area contributed by atoms with Gasteiger partial charge in [-0.3, -0.25) is 4.79 Å². The number of rotatable bonds is 6. The van der Waals surface area contributed by atoms with Crippen molar-refractivity contribution in [2.45, 2.75) is 26.3 Å². The van der Waals surface area contributed by atoms with Crippen LogP contribution in [0.3, 0.4) is 0 Å². The van der Waals surface area contributed by atoms with Crippen molar-refractivity contribution in [1.29, 1.82) is 0 Å². The standard InChI is InChI=1S/C27H28FNO4/c1-17-10-18(2)12-22(11-17)33-16-24-23-15-26(32-4)25(31-3)14-19(23)8-9-29(24)27(30)20-6-5-7-21(28)13-20/h5-7,10-15,24H,8-9,16H2,1-4H3/t24-/m1/s1. The molecule has 0 bridgehead atoms. The number of nitrogens with zero attached hydrogens (tertiary/aromatic N) is 1. The lowest BCUT2D eigenvalue weighted by atomic mass is 9.91. The van der Waals surface area contributed by atoms with E-state index in [1.54, 1.807) is 31.3 Å². The van der Waals surface area contributed by atoms with Crippen LogP contribution < -0.4 is 14.2 Å². The predicted octanol–water partition coefficient (Wildman–Crippen LogP) is 5.28. The molecule has 1 amide bonds. The lowest BCUT2D eigenvalue weighted by Crippen LogP contribution is -2.42. The summed E-state index contributed by atoms with van der Waals surface area (Å²) >= 11 is 0. The van der Waals surface area contributed by atoms with E-state index in [1.807, 2.05) is 38.1 Å². The van der Waals surface area contributed by atoms with Crippen LogP contribution in [0.5, 0.6) is 17.2 Å². The molecule has 0 saturated carbocycles. The molecule has 3 aromatic rings. The summed E-state index contributed by atoms with van der Waals surface area (Å²) in [6.45, 7) is 4.78. The highest BCUT2D eigenvalue weighted by Crippen LogP contribution is 2.39. The van der Waals surface area contributed by atoms with Gasteiger partial charge in [-0.2, -0.15) is 0 Å². The van der Waals surface area contributed by atoms with Crippen LogP contribution in [0, 0.1) is 19.7 Å². The van der Waals surface area contributed by atoms with Gasteiger partial charge in [-0.05, 0) is 85.0 Å². The van der Waals surface area contributed by atoms with E-state index in [4.69, 9.17) is 14.2 Å². The maximum absolute atomic E-state index is 13.8. The van der Waals surface area contributed by atoms with Crippen molar-refractivity contribution in [2.24, 2.45) is 0 Å². The summed E-state index contributed by atoms with van der Waals surface area (Å²) in [4.78, 5) is 15.2. The number of benzene rings is 3. The van der Waals surface area contributed by atoms with Crippen LogP contribution in [-0.2, 0) is 6.42 Å². The SMILES string of the molecule is COc1cc2c(cc1OC)[C@@H](COc1cc(C)cc(C)c1)N(C(=O)c1cccc(F)c1)CC2. The summed E-state index contributed by atoms with van der Waals surface area (Å²) in [7, 11) is 3.19. The van der Waals surface area contributed by atoms with Gasteiger partial charge in [0.15, 0.2) is 11.5 Å². The topological polar surface area (TPSA) is 48.0 Å². The molecule has 0 aromatic heterocycles. The molecule has 0 N–H and O–H groups in total. The second kappa shape index (κ2) is 9.53. The Labute approximate surface area is 193 Å². The summed E-state index contributed by atoms with van der Waals surface area (Å²) in [5.41, 5.74) is 4.54. The first-order valence-corrected chi connectivity index (χ1v) is 10.9. The Bertz CT molecular complexity index is 1160. The Morgan fingerprint density at radius 1 is 1.00 bits per heavy atom. The van der Waals surface area contributed by atoms with Crippen LogP contribution in [0.2, 0.25) is 0 Å². The summed E-state index contributed by atoms with van der Waals surface area (Å²) in [6.07, 6.45) is 0.650. The van der Waals surface area contributed by atoms with E-state index >= 15 is 0 Å².